The Balaban J connectivity index is 1.58. The average molecular weight is 323 g/mol. The highest BCUT2D eigenvalue weighted by Gasteiger charge is 2.49. The third-order valence-corrected chi connectivity index (χ3v) is 5.28. The Morgan fingerprint density at radius 1 is 1.13 bits per heavy atom. The Kier molecular flexibility index (Phi) is 4.29. The number of hydrogen-bond donors (Lipinski definition) is 1. The first-order valence-electron chi connectivity index (χ1n) is 8.77. The summed E-state index contributed by atoms with van der Waals surface area (Å²) in [6.45, 7) is 7.51. The maximum Gasteiger partial charge on any atom is 0.410 e. The summed E-state index contributed by atoms with van der Waals surface area (Å²) in [6.07, 6.45) is 3.10. The number of piperazine rings is 1. The lowest BCUT2D eigenvalue weighted by molar-refractivity contribution is -0.140. The van der Waals surface area contributed by atoms with Crippen molar-refractivity contribution in [3.8, 4) is 0 Å². The van der Waals surface area contributed by atoms with Crippen LogP contribution in [0.15, 0.2) is 0 Å². The van der Waals surface area contributed by atoms with Crippen LogP contribution in [0.25, 0.3) is 0 Å². The van der Waals surface area contributed by atoms with Gasteiger partial charge >= 0.3 is 6.09 Å². The highest BCUT2D eigenvalue weighted by atomic mass is 16.6. The van der Waals surface area contributed by atoms with Crippen LogP contribution in [0.4, 0.5) is 4.79 Å². The van der Waals surface area contributed by atoms with Gasteiger partial charge in [0.1, 0.15) is 5.60 Å². The molecular weight excluding hydrogens is 294 g/mol. The molecule has 1 saturated heterocycles. The molecule has 3 aliphatic rings. The van der Waals surface area contributed by atoms with Gasteiger partial charge in [0.25, 0.3) is 0 Å². The van der Waals surface area contributed by atoms with E-state index < -0.39 is 5.60 Å². The highest BCUT2D eigenvalue weighted by molar-refractivity contribution is 5.80. The summed E-state index contributed by atoms with van der Waals surface area (Å²) in [6, 6.07) is -0.0966. The van der Waals surface area contributed by atoms with E-state index in [2.05, 4.69) is 0 Å². The first-order valence-corrected chi connectivity index (χ1v) is 8.77. The van der Waals surface area contributed by atoms with Gasteiger partial charge in [-0.05, 0) is 51.9 Å². The molecule has 130 valence electrons. The molecule has 1 heterocycles. The van der Waals surface area contributed by atoms with E-state index in [0.717, 1.165) is 24.7 Å². The Morgan fingerprint density at radius 2 is 1.78 bits per heavy atom. The average Bonchev–Trinajstić information content (AvgIpc) is 3.10. The molecule has 2 N–H and O–H groups in total. The van der Waals surface area contributed by atoms with Crippen LogP contribution in [-0.2, 0) is 9.53 Å². The maximum atomic E-state index is 12.8. The van der Waals surface area contributed by atoms with Gasteiger partial charge in [-0.1, -0.05) is 0 Å². The van der Waals surface area contributed by atoms with Gasteiger partial charge in [0.2, 0.25) is 5.91 Å². The van der Waals surface area contributed by atoms with Crippen molar-refractivity contribution >= 4 is 12.0 Å². The molecule has 2 amide bonds. The summed E-state index contributed by atoms with van der Waals surface area (Å²) in [5, 5.41) is 0. The molecule has 1 aliphatic heterocycles. The van der Waals surface area contributed by atoms with E-state index in [4.69, 9.17) is 10.5 Å². The largest absolute Gasteiger partial charge is 0.444 e. The van der Waals surface area contributed by atoms with Crippen LogP contribution in [-0.4, -0.2) is 59.6 Å². The Bertz CT molecular complexity index is 478. The molecule has 2 saturated carbocycles. The second-order valence-electron chi connectivity index (χ2n) is 8.27. The SMILES string of the molecule is CC(C)(C)OC(=O)N1CCN(C(=O)C2CC3CC3C2)C(CN)C1. The van der Waals surface area contributed by atoms with E-state index in [1.165, 1.54) is 6.42 Å². The zero-order valence-electron chi connectivity index (χ0n) is 14.5. The zero-order chi connectivity index (χ0) is 16.8. The molecule has 0 bridgehead atoms. The molecule has 2 aliphatic carbocycles. The summed E-state index contributed by atoms with van der Waals surface area (Å²) < 4.78 is 5.43. The molecule has 3 atom stereocenters. The number of fused-ring (bicyclic) bond motifs is 1. The van der Waals surface area contributed by atoms with Crippen LogP contribution in [0.2, 0.25) is 0 Å². The van der Waals surface area contributed by atoms with Crippen LogP contribution in [0.1, 0.15) is 40.0 Å². The topological polar surface area (TPSA) is 75.9 Å². The fourth-order valence-corrected chi connectivity index (χ4v) is 3.99. The normalized spacial score (nSPS) is 33.4. The zero-order valence-corrected chi connectivity index (χ0v) is 14.5. The van der Waals surface area contributed by atoms with E-state index in [9.17, 15) is 9.59 Å². The number of nitrogens with two attached hydrogens (primary N) is 1. The van der Waals surface area contributed by atoms with Crippen molar-refractivity contribution in [2.75, 3.05) is 26.2 Å². The van der Waals surface area contributed by atoms with Gasteiger partial charge < -0.3 is 20.3 Å². The second kappa shape index (κ2) is 5.96. The quantitative estimate of drug-likeness (QED) is 0.834. The van der Waals surface area contributed by atoms with Crippen molar-refractivity contribution in [2.45, 2.75) is 51.7 Å². The highest BCUT2D eigenvalue weighted by Crippen LogP contribution is 2.54. The number of nitrogens with zero attached hydrogens (tertiary/aromatic N) is 2. The number of rotatable bonds is 2. The van der Waals surface area contributed by atoms with Gasteiger partial charge in [-0.3, -0.25) is 4.79 Å². The van der Waals surface area contributed by atoms with E-state index in [-0.39, 0.29) is 24.0 Å². The van der Waals surface area contributed by atoms with Gasteiger partial charge in [0.15, 0.2) is 0 Å². The fraction of sp³-hybridized carbons (Fsp3) is 0.882. The van der Waals surface area contributed by atoms with Gasteiger partial charge in [-0.25, -0.2) is 4.79 Å². The first-order chi connectivity index (χ1) is 10.8. The molecule has 6 heteroatoms. The molecule has 6 nitrogen and oxygen atoms in total. The molecule has 0 spiro atoms. The van der Waals surface area contributed by atoms with Crippen molar-refractivity contribution in [1.82, 2.24) is 9.80 Å². The van der Waals surface area contributed by atoms with Gasteiger partial charge in [0, 0.05) is 32.1 Å². The molecule has 0 radical (unpaired) electrons. The Hall–Kier alpha value is -1.30. The molecule has 0 aromatic heterocycles. The third kappa shape index (κ3) is 3.62. The van der Waals surface area contributed by atoms with E-state index in [1.54, 1.807) is 4.90 Å². The fourth-order valence-electron chi connectivity index (χ4n) is 3.99. The van der Waals surface area contributed by atoms with Crippen molar-refractivity contribution < 1.29 is 14.3 Å². The predicted molar refractivity (Wildman–Crippen MR) is 86.7 cm³/mol. The Morgan fingerprint density at radius 3 is 2.35 bits per heavy atom. The third-order valence-electron chi connectivity index (χ3n) is 5.28. The minimum absolute atomic E-state index is 0.0966. The lowest BCUT2D eigenvalue weighted by Gasteiger charge is -2.42. The van der Waals surface area contributed by atoms with E-state index >= 15 is 0 Å². The number of amides is 2. The van der Waals surface area contributed by atoms with Crippen LogP contribution in [0, 0.1) is 17.8 Å². The Labute approximate surface area is 138 Å². The van der Waals surface area contributed by atoms with Crippen molar-refractivity contribution in [1.29, 1.82) is 0 Å². The van der Waals surface area contributed by atoms with Crippen LogP contribution in [0.3, 0.4) is 0 Å². The van der Waals surface area contributed by atoms with Crippen LogP contribution >= 0.6 is 0 Å². The summed E-state index contributed by atoms with van der Waals surface area (Å²) in [5.74, 6) is 2.02. The predicted octanol–water partition coefficient (Wildman–Crippen LogP) is 1.44. The second-order valence-corrected chi connectivity index (χ2v) is 8.27. The van der Waals surface area contributed by atoms with Crippen LogP contribution in [0.5, 0.6) is 0 Å². The number of ether oxygens (including phenoxy) is 1. The van der Waals surface area contributed by atoms with Crippen LogP contribution < -0.4 is 5.73 Å². The monoisotopic (exact) mass is 323 g/mol. The molecule has 0 aromatic rings. The van der Waals surface area contributed by atoms with Crippen molar-refractivity contribution in [2.24, 2.45) is 23.5 Å². The molecule has 0 aromatic carbocycles. The molecule has 3 fully saturated rings. The molecule has 23 heavy (non-hydrogen) atoms. The molecule has 3 unspecified atom stereocenters. The van der Waals surface area contributed by atoms with Gasteiger partial charge in [-0.15, -0.1) is 0 Å². The number of carbonyl (C=O) groups excluding carboxylic acids is 2. The molecular formula is C17H29N3O3. The number of carbonyl (C=O) groups is 2. The lowest BCUT2D eigenvalue weighted by Crippen LogP contribution is -2.60. The minimum atomic E-state index is -0.507. The first kappa shape index (κ1) is 16.6. The summed E-state index contributed by atoms with van der Waals surface area (Å²) >= 11 is 0. The summed E-state index contributed by atoms with van der Waals surface area (Å²) in [4.78, 5) is 28.6. The standard InChI is InChI=1S/C17H29N3O3/c1-17(2,3)23-16(22)19-4-5-20(14(9-18)10-19)15(21)13-7-11-6-12(11)8-13/h11-14H,4-10,18H2,1-3H3. The van der Waals surface area contributed by atoms with Gasteiger partial charge in [0.05, 0.1) is 6.04 Å². The van der Waals surface area contributed by atoms with Crippen molar-refractivity contribution in [3.05, 3.63) is 0 Å². The van der Waals surface area contributed by atoms with E-state index in [1.807, 2.05) is 25.7 Å². The number of hydrogen-bond acceptors (Lipinski definition) is 4. The van der Waals surface area contributed by atoms with Gasteiger partial charge in [-0.2, -0.15) is 0 Å². The minimum Gasteiger partial charge on any atom is -0.444 e. The van der Waals surface area contributed by atoms with Crippen molar-refractivity contribution in [3.63, 3.8) is 0 Å². The smallest absolute Gasteiger partial charge is 0.410 e. The molecule has 3 rings (SSSR count). The summed E-state index contributed by atoms with van der Waals surface area (Å²) in [5.41, 5.74) is 5.38. The van der Waals surface area contributed by atoms with E-state index in [0.29, 0.717) is 26.2 Å². The summed E-state index contributed by atoms with van der Waals surface area (Å²) in [7, 11) is 0. The lowest BCUT2D eigenvalue weighted by atomic mass is 10.00. The maximum absolute atomic E-state index is 12.8.